The van der Waals surface area contributed by atoms with E-state index in [2.05, 4.69) is 31.9 Å². The Bertz CT molecular complexity index is 496. The van der Waals surface area contributed by atoms with Crippen molar-refractivity contribution in [2.24, 2.45) is 0 Å². The number of halogens is 2. The van der Waals surface area contributed by atoms with Crippen molar-refractivity contribution in [3.05, 3.63) is 36.1 Å². The first-order valence-electron chi connectivity index (χ1n) is 5.27. The monoisotopic (exact) mass is 360 g/mol. The Morgan fingerprint density at radius 2 is 1.82 bits per heavy atom. The summed E-state index contributed by atoms with van der Waals surface area (Å²) in [6.07, 6.45) is 0. The van der Waals surface area contributed by atoms with Crippen LogP contribution in [-0.4, -0.2) is 17.0 Å². The summed E-state index contributed by atoms with van der Waals surface area (Å²) in [5, 5.41) is 1.04. The SMILES string of the molecule is BrC(Br)C1(c2cc3ccccc3o2)OCCO1. The van der Waals surface area contributed by atoms with E-state index in [1.807, 2.05) is 30.3 Å². The summed E-state index contributed by atoms with van der Waals surface area (Å²) in [5.74, 6) is -0.200. The van der Waals surface area contributed by atoms with Crippen molar-refractivity contribution in [1.82, 2.24) is 0 Å². The Balaban J connectivity index is 2.12. The molecule has 3 rings (SSSR count). The van der Waals surface area contributed by atoms with E-state index in [1.54, 1.807) is 0 Å². The molecule has 0 radical (unpaired) electrons. The van der Waals surface area contributed by atoms with Crippen molar-refractivity contribution in [3.8, 4) is 0 Å². The van der Waals surface area contributed by atoms with Gasteiger partial charge in [0.2, 0.25) is 0 Å². The van der Waals surface area contributed by atoms with Gasteiger partial charge in [0, 0.05) is 5.39 Å². The van der Waals surface area contributed by atoms with Gasteiger partial charge in [-0.3, -0.25) is 0 Å². The lowest BCUT2D eigenvalue weighted by Gasteiger charge is -2.26. The number of ether oxygens (including phenoxy) is 2. The summed E-state index contributed by atoms with van der Waals surface area (Å²) in [6, 6.07) is 9.81. The van der Waals surface area contributed by atoms with E-state index >= 15 is 0 Å². The Morgan fingerprint density at radius 1 is 1.12 bits per heavy atom. The largest absolute Gasteiger partial charge is 0.455 e. The number of rotatable bonds is 2. The zero-order valence-electron chi connectivity index (χ0n) is 8.86. The van der Waals surface area contributed by atoms with Crippen LogP contribution < -0.4 is 0 Å². The van der Waals surface area contributed by atoms with E-state index < -0.39 is 5.79 Å². The number of fused-ring (bicyclic) bond motifs is 1. The van der Waals surface area contributed by atoms with Crippen LogP contribution in [0.3, 0.4) is 0 Å². The molecular formula is C12H10Br2O3. The zero-order valence-corrected chi connectivity index (χ0v) is 12.0. The maximum absolute atomic E-state index is 5.81. The van der Waals surface area contributed by atoms with Crippen LogP contribution in [0.4, 0.5) is 0 Å². The van der Waals surface area contributed by atoms with Gasteiger partial charge >= 0.3 is 0 Å². The van der Waals surface area contributed by atoms with Crippen LogP contribution >= 0.6 is 31.9 Å². The van der Waals surface area contributed by atoms with Crippen molar-refractivity contribution in [2.75, 3.05) is 13.2 Å². The molecule has 2 heterocycles. The van der Waals surface area contributed by atoms with Crippen molar-refractivity contribution in [2.45, 2.75) is 9.52 Å². The highest BCUT2D eigenvalue weighted by Gasteiger charge is 2.47. The molecule has 17 heavy (non-hydrogen) atoms. The molecule has 3 nitrogen and oxygen atoms in total. The van der Waals surface area contributed by atoms with E-state index in [0.717, 1.165) is 11.0 Å². The predicted octanol–water partition coefficient (Wildman–Crippen LogP) is 3.75. The van der Waals surface area contributed by atoms with Gasteiger partial charge in [0.1, 0.15) is 9.32 Å². The molecule has 1 fully saturated rings. The number of furan rings is 1. The van der Waals surface area contributed by atoms with Gasteiger partial charge in [-0.1, -0.05) is 50.1 Å². The molecule has 0 saturated carbocycles. The Morgan fingerprint density at radius 3 is 2.47 bits per heavy atom. The Kier molecular flexibility index (Phi) is 3.02. The van der Waals surface area contributed by atoms with Crippen LogP contribution in [0.1, 0.15) is 5.76 Å². The topological polar surface area (TPSA) is 31.6 Å². The molecule has 0 N–H and O–H groups in total. The van der Waals surface area contributed by atoms with Gasteiger partial charge in [-0.25, -0.2) is 0 Å². The van der Waals surface area contributed by atoms with E-state index in [1.165, 1.54) is 0 Å². The van der Waals surface area contributed by atoms with Crippen molar-refractivity contribution in [3.63, 3.8) is 0 Å². The summed E-state index contributed by atoms with van der Waals surface area (Å²) < 4.78 is 17.1. The fourth-order valence-electron chi connectivity index (χ4n) is 1.96. The van der Waals surface area contributed by atoms with Gasteiger partial charge in [-0.2, -0.15) is 0 Å². The lowest BCUT2D eigenvalue weighted by Crippen LogP contribution is -2.33. The van der Waals surface area contributed by atoms with Crippen LogP contribution in [0.2, 0.25) is 0 Å². The molecule has 1 aliphatic rings. The normalized spacial score (nSPS) is 19.2. The fraction of sp³-hybridized carbons (Fsp3) is 0.333. The van der Waals surface area contributed by atoms with Crippen LogP contribution in [0.25, 0.3) is 11.0 Å². The Hall–Kier alpha value is -0.360. The van der Waals surface area contributed by atoms with Crippen molar-refractivity contribution in [1.29, 1.82) is 0 Å². The second-order valence-corrected chi connectivity index (χ2v) is 6.87. The van der Waals surface area contributed by atoms with Gasteiger partial charge in [-0.05, 0) is 12.1 Å². The minimum atomic E-state index is -0.876. The number of alkyl halides is 2. The third-order valence-corrected chi connectivity index (χ3v) is 3.98. The molecule has 1 saturated heterocycles. The molecule has 1 aliphatic heterocycles. The van der Waals surface area contributed by atoms with Crippen molar-refractivity contribution >= 4 is 42.8 Å². The van der Waals surface area contributed by atoms with E-state index in [-0.39, 0.29) is 3.74 Å². The molecule has 0 amide bonds. The summed E-state index contributed by atoms with van der Waals surface area (Å²) in [5.41, 5.74) is 0.835. The minimum absolute atomic E-state index is 0.162. The van der Waals surface area contributed by atoms with Gasteiger partial charge in [0.15, 0.2) is 5.76 Å². The third kappa shape index (κ3) is 1.85. The molecule has 0 atom stereocenters. The van der Waals surface area contributed by atoms with Gasteiger partial charge in [0.05, 0.1) is 13.2 Å². The fourth-order valence-corrected chi connectivity index (χ4v) is 2.94. The summed E-state index contributed by atoms with van der Waals surface area (Å²) in [4.78, 5) is 0. The first-order valence-corrected chi connectivity index (χ1v) is 7.11. The summed E-state index contributed by atoms with van der Waals surface area (Å²) in [6.45, 7) is 1.12. The van der Waals surface area contributed by atoms with E-state index in [0.29, 0.717) is 19.0 Å². The molecule has 5 heteroatoms. The molecule has 90 valence electrons. The molecular weight excluding hydrogens is 352 g/mol. The predicted molar refractivity (Wildman–Crippen MR) is 71.4 cm³/mol. The smallest absolute Gasteiger partial charge is 0.251 e. The van der Waals surface area contributed by atoms with E-state index in [9.17, 15) is 0 Å². The number of hydrogen-bond donors (Lipinski definition) is 0. The lowest BCUT2D eigenvalue weighted by atomic mass is 10.2. The third-order valence-electron chi connectivity index (χ3n) is 2.77. The first-order chi connectivity index (χ1) is 8.22. The first kappa shape index (κ1) is 11.7. The average Bonchev–Trinajstić information content (AvgIpc) is 2.96. The zero-order chi connectivity index (χ0) is 11.9. The van der Waals surface area contributed by atoms with E-state index in [4.69, 9.17) is 13.9 Å². The van der Waals surface area contributed by atoms with Gasteiger partial charge in [0.25, 0.3) is 5.79 Å². The molecule has 1 aromatic carbocycles. The average molecular weight is 362 g/mol. The molecule has 2 aromatic rings. The van der Waals surface area contributed by atoms with Gasteiger partial charge in [-0.15, -0.1) is 0 Å². The maximum Gasteiger partial charge on any atom is 0.251 e. The highest BCUT2D eigenvalue weighted by Crippen LogP contribution is 2.43. The molecule has 0 aliphatic carbocycles. The quantitative estimate of drug-likeness (QED) is 0.763. The van der Waals surface area contributed by atoms with Crippen LogP contribution in [-0.2, 0) is 15.3 Å². The summed E-state index contributed by atoms with van der Waals surface area (Å²) in [7, 11) is 0. The highest BCUT2D eigenvalue weighted by molar-refractivity contribution is 9.24. The summed E-state index contributed by atoms with van der Waals surface area (Å²) >= 11 is 6.92. The second kappa shape index (κ2) is 4.39. The van der Waals surface area contributed by atoms with Gasteiger partial charge < -0.3 is 13.9 Å². The second-order valence-electron chi connectivity index (χ2n) is 3.81. The van der Waals surface area contributed by atoms with Crippen LogP contribution in [0.15, 0.2) is 34.7 Å². The number of para-hydroxylation sites is 1. The molecule has 1 aromatic heterocycles. The standard InChI is InChI=1S/C12H10Br2O3/c13-11(14)12(15-5-6-16-12)10-7-8-3-1-2-4-9(8)17-10/h1-4,7,11H,5-6H2. The molecule has 0 bridgehead atoms. The van der Waals surface area contributed by atoms with Crippen LogP contribution in [0.5, 0.6) is 0 Å². The highest BCUT2D eigenvalue weighted by atomic mass is 79.9. The lowest BCUT2D eigenvalue weighted by molar-refractivity contribution is -0.161. The maximum atomic E-state index is 5.81. The number of benzene rings is 1. The van der Waals surface area contributed by atoms with Crippen molar-refractivity contribution < 1.29 is 13.9 Å². The molecule has 0 spiro atoms. The molecule has 0 unspecified atom stereocenters. The van der Waals surface area contributed by atoms with Crippen LogP contribution in [0, 0.1) is 0 Å². The Labute approximate surface area is 115 Å². The number of hydrogen-bond acceptors (Lipinski definition) is 3. The minimum Gasteiger partial charge on any atom is -0.455 e.